The van der Waals surface area contributed by atoms with Gasteiger partial charge in [-0.05, 0) is 58.7 Å². The molecule has 4 rings (SSSR count). The van der Waals surface area contributed by atoms with E-state index < -0.39 is 0 Å². The molecule has 0 unspecified atom stereocenters. The summed E-state index contributed by atoms with van der Waals surface area (Å²) >= 11 is 0. The molecule has 6 nitrogen and oxygen atoms in total. The molecule has 39 heavy (non-hydrogen) atoms. The third-order valence-electron chi connectivity index (χ3n) is 5.50. The van der Waals surface area contributed by atoms with E-state index in [9.17, 15) is 9.59 Å². The second-order valence-electron chi connectivity index (χ2n) is 8.61. The molecule has 196 valence electrons. The maximum atomic E-state index is 12.3. The highest BCUT2D eigenvalue weighted by Gasteiger charge is 2.06. The maximum absolute atomic E-state index is 12.3. The highest BCUT2D eigenvalue weighted by atomic mass is 33.1. The number of hydrogen-bond acceptors (Lipinski definition) is 5. The van der Waals surface area contributed by atoms with Crippen LogP contribution in [0, 0.1) is 0 Å². The Morgan fingerprint density at radius 1 is 0.641 bits per heavy atom. The van der Waals surface area contributed by atoms with E-state index in [1.807, 2.05) is 115 Å². The summed E-state index contributed by atoms with van der Waals surface area (Å²) in [6.45, 7) is 0. The van der Waals surface area contributed by atoms with E-state index in [2.05, 4.69) is 21.7 Å². The zero-order valence-corrected chi connectivity index (χ0v) is 23.1. The van der Waals surface area contributed by atoms with Crippen molar-refractivity contribution in [3.8, 4) is 0 Å². The van der Waals surface area contributed by atoms with Crippen molar-refractivity contribution in [3.05, 3.63) is 120 Å². The number of pyridine rings is 2. The van der Waals surface area contributed by atoms with Gasteiger partial charge in [-0.15, -0.1) is 0 Å². The Bertz CT molecular complexity index is 1420. The van der Waals surface area contributed by atoms with Crippen LogP contribution in [0.1, 0.15) is 22.3 Å². The minimum absolute atomic E-state index is 0.108. The molecular weight excluding hydrogens is 525 g/mol. The van der Waals surface area contributed by atoms with Gasteiger partial charge in [-0.1, -0.05) is 70.2 Å². The van der Waals surface area contributed by atoms with Crippen molar-refractivity contribution in [1.29, 1.82) is 0 Å². The molecule has 2 heterocycles. The van der Waals surface area contributed by atoms with Crippen LogP contribution in [0.5, 0.6) is 0 Å². The first-order valence-corrected chi connectivity index (χ1v) is 14.8. The van der Waals surface area contributed by atoms with E-state index in [0.29, 0.717) is 0 Å². The van der Waals surface area contributed by atoms with Crippen LogP contribution < -0.4 is 15.2 Å². The standard InChI is InChI=1S/C31H28N4O2S2/c1-35-20-16-27(17-21-35)5-3-25-8-12-29(13-9-25)34-31(37)23-39-38-22-30(36)33-28-10-6-24(7-11-28)2-4-26-14-18-32-19-15-26/h2-21H,22-23H2,1H3,(H,32,33,36)/p+1. The molecule has 8 heteroatoms. The van der Waals surface area contributed by atoms with E-state index in [-0.39, 0.29) is 23.3 Å². The van der Waals surface area contributed by atoms with E-state index >= 15 is 0 Å². The van der Waals surface area contributed by atoms with Gasteiger partial charge in [0.05, 0.1) is 11.5 Å². The lowest BCUT2D eigenvalue weighted by atomic mass is 10.1. The van der Waals surface area contributed by atoms with Crippen LogP contribution in [-0.2, 0) is 16.6 Å². The molecule has 2 aromatic carbocycles. The summed E-state index contributed by atoms with van der Waals surface area (Å²) in [6.07, 6.45) is 15.6. The van der Waals surface area contributed by atoms with Crippen molar-refractivity contribution in [2.24, 2.45) is 7.05 Å². The van der Waals surface area contributed by atoms with Crippen LogP contribution in [0.3, 0.4) is 0 Å². The normalized spacial score (nSPS) is 11.1. The molecule has 0 atom stereocenters. The predicted octanol–water partition coefficient (Wildman–Crippen LogP) is 6.21. The van der Waals surface area contributed by atoms with Crippen LogP contribution in [-0.4, -0.2) is 28.3 Å². The zero-order chi connectivity index (χ0) is 27.3. The summed E-state index contributed by atoms with van der Waals surface area (Å²) < 4.78 is 1.99. The number of hydrogen-bond donors (Lipinski definition) is 2. The van der Waals surface area contributed by atoms with Gasteiger partial charge in [0.1, 0.15) is 7.05 Å². The molecule has 4 aromatic rings. The summed E-state index contributed by atoms with van der Waals surface area (Å²) in [5.41, 5.74) is 5.76. The highest BCUT2D eigenvalue weighted by Crippen LogP contribution is 2.22. The van der Waals surface area contributed by atoms with Crippen molar-refractivity contribution in [1.82, 2.24) is 4.98 Å². The second kappa shape index (κ2) is 14.7. The Morgan fingerprint density at radius 2 is 1.03 bits per heavy atom. The predicted molar refractivity (Wildman–Crippen MR) is 165 cm³/mol. The molecule has 0 aliphatic heterocycles. The van der Waals surface area contributed by atoms with Gasteiger partial charge in [0.15, 0.2) is 12.4 Å². The number of carbonyl (C=O) groups excluding carboxylic acids is 2. The topological polar surface area (TPSA) is 75.0 Å². The quantitative estimate of drug-likeness (QED) is 0.131. The van der Waals surface area contributed by atoms with Crippen molar-refractivity contribution >= 4 is 69.1 Å². The number of carbonyl (C=O) groups is 2. The molecule has 0 saturated carbocycles. The van der Waals surface area contributed by atoms with Crippen LogP contribution in [0.15, 0.2) is 97.6 Å². The third kappa shape index (κ3) is 9.92. The first-order valence-electron chi connectivity index (χ1n) is 12.3. The Morgan fingerprint density at radius 3 is 1.46 bits per heavy atom. The number of aromatic nitrogens is 2. The largest absolute Gasteiger partial charge is 0.325 e. The number of amides is 2. The van der Waals surface area contributed by atoms with Gasteiger partial charge < -0.3 is 10.6 Å². The van der Waals surface area contributed by atoms with Gasteiger partial charge in [0.25, 0.3) is 0 Å². The number of rotatable bonds is 11. The van der Waals surface area contributed by atoms with E-state index in [0.717, 1.165) is 33.6 Å². The number of anilines is 2. The lowest BCUT2D eigenvalue weighted by Crippen LogP contribution is -2.25. The van der Waals surface area contributed by atoms with Crippen molar-refractivity contribution in [2.45, 2.75) is 0 Å². The fourth-order valence-electron chi connectivity index (χ4n) is 3.42. The molecule has 2 amide bonds. The summed E-state index contributed by atoms with van der Waals surface area (Å²) in [7, 11) is 4.69. The van der Waals surface area contributed by atoms with Crippen molar-refractivity contribution in [2.75, 3.05) is 22.1 Å². The molecule has 2 N–H and O–H groups in total. The Kier molecular flexibility index (Phi) is 10.5. The average molecular weight is 554 g/mol. The molecule has 0 aliphatic carbocycles. The molecule has 0 saturated heterocycles. The first kappa shape index (κ1) is 27.9. The van der Waals surface area contributed by atoms with Crippen molar-refractivity contribution < 1.29 is 14.2 Å². The minimum atomic E-state index is -0.110. The van der Waals surface area contributed by atoms with E-state index in [1.165, 1.54) is 21.6 Å². The van der Waals surface area contributed by atoms with Gasteiger partial charge in [-0.25, -0.2) is 4.57 Å². The van der Waals surface area contributed by atoms with E-state index in [1.54, 1.807) is 12.4 Å². The zero-order valence-electron chi connectivity index (χ0n) is 21.5. The van der Waals surface area contributed by atoms with Gasteiger partial charge in [-0.3, -0.25) is 14.6 Å². The van der Waals surface area contributed by atoms with Gasteiger partial charge in [0, 0.05) is 35.9 Å². The fourth-order valence-corrected chi connectivity index (χ4v) is 5.09. The number of benzene rings is 2. The molecule has 0 radical (unpaired) electrons. The Balaban J connectivity index is 1.13. The lowest BCUT2D eigenvalue weighted by Gasteiger charge is -2.07. The lowest BCUT2D eigenvalue weighted by molar-refractivity contribution is -0.671. The summed E-state index contributed by atoms with van der Waals surface area (Å²) in [6, 6.07) is 23.3. The average Bonchev–Trinajstić information content (AvgIpc) is 2.96. The molecule has 0 spiro atoms. The number of aryl methyl sites for hydroxylation is 1. The molecular formula is C31H29N4O2S2+. The molecule has 0 bridgehead atoms. The van der Waals surface area contributed by atoms with Gasteiger partial charge >= 0.3 is 0 Å². The third-order valence-corrected chi connectivity index (χ3v) is 7.63. The summed E-state index contributed by atoms with van der Waals surface area (Å²) in [4.78, 5) is 28.5. The number of nitrogens with zero attached hydrogens (tertiary/aromatic N) is 2. The smallest absolute Gasteiger partial charge is 0.235 e. The molecule has 2 aromatic heterocycles. The Hall–Kier alpha value is -4.14. The monoisotopic (exact) mass is 553 g/mol. The maximum Gasteiger partial charge on any atom is 0.235 e. The van der Waals surface area contributed by atoms with E-state index in [4.69, 9.17) is 0 Å². The highest BCUT2D eigenvalue weighted by molar-refractivity contribution is 8.77. The minimum Gasteiger partial charge on any atom is -0.325 e. The fraction of sp³-hybridized carbons (Fsp3) is 0.0968. The SMILES string of the molecule is C[n+]1ccc(/C=C/c2ccc(NC(=O)CSSCC(=O)Nc3ccc(/C=C/c4ccncc4)cc3)cc2)cc1. The van der Waals surface area contributed by atoms with Crippen LogP contribution in [0.2, 0.25) is 0 Å². The van der Waals surface area contributed by atoms with Crippen LogP contribution in [0.4, 0.5) is 11.4 Å². The summed E-state index contributed by atoms with van der Waals surface area (Å²) in [5, 5.41) is 5.78. The van der Waals surface area contributed by atoms with Crippen molar-refractivity contribution in [3.63, 3.8) is 0 Å². The first-order chi connectivity index (χ1) is 19.0. The Labute approximate surface area is 236 Å². The second-order valence-corrected chi connectivity index (χ2v) is 11.1. The van der Waals surface area contributed by atoms with Gasteiger partial charge in [0.2, 0.25) is 11.8 Å². The molecule has 0 fully saturated rings. The van der Waals surface area contributed by atoms with Crippen LogP contribution >= 0.6 is 21.6 Å². The molecule has 0 aliphatic rings. The van der Waals surface area contributed by atoms with Crippen LogP contribution in [0.25, 0.3) is 24.3 Å². The number of nitrogens with one attached hydrogen (secondary N) is 2. The summed E-state index contributed by atoms with van der Waals surface area (Å²) in [5.74, 6) is 0.288. The van der Waals surface area contributed by atoms with Gasteiger partial charge in [-0.2, -0.15) is 0 Å².